The van der Waals surface area contributed by atoms with Crippen LogP contribution in [0.1, 0.15) is 19.4 Å². The van der Waals surface area contributed by atoms with Crippen molar-refractivity contribution in [2.45, 2.75) is 18.7 Å². The van der Waals surface area contributed by atoms with Gasteiger partial charge in [-0.1, -0.05) is 46.3 Å². The predicted molar refractivity (Wildman–Crippen MR) is 136 cm³/mol. The Morgan fingerprint density at radius 2 is 1.53 bits per heavy atom. The van der Waals surface area contributed by atoms with E-state index in [1.54, 1.807) is 73.7 Å². The van der Waals surface area contributed by atoms with Crippen LogP contribution in [0.25, 0.3) is 0 Å². The lowest BCUT2D eigenvalue weighted by atomic mass is 10.1. The number of rotatable bonds is 8. The van der Waals surface area contributed by atoms with E-state index in [4.69, 9.17) is 0 Å². The molecule has 0 fully saturated rings. The lowest BCUT2D eigenvalue weighted by Gasteiger charge is -2.23. The number of carbonyl (C=O) groups excluding carboxylic acids is 2. The summed E-state index contributed by atoms with van der Waals surface area (Å²) >= 11 is 3.33. The lowest BCUT2D eigenvalue weighted by Crippen LogP contribution is -2.39. The van der Waals surface area contributed by atoms with Crippen LogP contribution in [0.4, 0.5) is 11.4 Å². The van der Waals surface area contributed by atoms with Crippen molar-refractivity contribution in [2.24, 2.45) is 5.10 Å². The monoisotopic (exact) mass is 542 g/mol. The van der Waals surface area contributed by atoms with Crippen molar-refractivity contribution >= 4 is 54.9 Å². The summed E-state index contributed by atoms with van der Waals surface area (Å²) in [6.07, 6.45) is 0. The van der Waals surface area contributed by atoms with E-state index in [-0.39, 0.29) is 10.8 Å². The van der Waals surface area contributed by atoms with Gasteiger partial charge in [0.2, 0.25) is 5.91 Å². The molecule has 2 amide bonds. The number of benzene rings is 3. The fraction of sp³-hybridized carbons (Fsp3) is 0.125. The van der Waals surface area contributed by atoms with Gasteiger partial charge in [0.05, 0.1) is 16.3 Å². The Morgan fingerprint density at radius 3 is 2.12 bits per heavy atom. The Kier molecular flexibility index (Phi) is 8.19. The SMILES string of the molecule is CC(=O)Nc1ccc(/C(C)=N\NC(=O)CN(c2ccc(Br)cc2)S(=O)(=O)c2ccccc2)cc1. The molecular formula is C24H23BrN4O4S. The molecular weight excluding hydrogens is 520 g/mol. The molecule has 0 aliphatic rings. The van der Waals surface area contributed by atoms with Crippen LogP contribution >= 0.6 is 15.9 Å². The third-order valence-corrected chi connectivity index (χ3v) is 7.02. The van der Waals surface area contributed by atoms with Crippen LogP contribution in [0.2, 0.25) is 0 Å². The van der Waals surface area contributed by atoms with E-state index in [1.165, 1.54) is 19.1 Å². The first-order valence-electron chi connectivity index (χ1n) is 10.2. The quantitative estimate of drug-likeness (QED) is 0.329. The number of amides is 2. The van der Waals surface area contributed by atoms with Crippen LogP contribution in [0.3, 0.4) is 0 Å². The van der Waals surface area contributed by atoms with Gasteiger partial charge < -0.3 is 5.32 Å². The molecule has 0 radical (unpaired) electrons. The van der Waals surface area contributed by atoms with Crippen molar-refractivity contribution in [2.75, 3.05) is 16.2 Å². The second-order valence-corrected chi connectivity index (χ2v) is 10.1. The topological polar surface area (TPSA) is 108 Å². The molecule has 3 aromatic carbocycles. The van der Waals surface area contributed by atoms with E-state index in [0.717, 1.165) is 14.3 Å². The number of hydrogen-bond donors (Lipinski definition) is 2. The summed E-state index contributed by atoms with van der Waals surface area (Å²) in [7, 11) is -3.99. The van der Waals surface area contributed by atoms with E-state index >= 15 is 0 Å². The second-order valence-electron chi connectivity index (χ2n) is 7.29. The molecule has 0 atom stereocenters. The Balaban J connectivity index is 1.79. The summed E-state index contributed by atoms with van der Waals surface area (Å²) < 4.78 is 28.4. The molecule has 0 aromatic heterocycles. The largest absolute Gasteiger partial charge is 0.326 e. The van der Waals surface area contributed by atoms with Crippen molar-refractivity contribution in [3.63, 3.8) is 0 Å². The fourth-order valence-electron chi connectivity index (χ4n) is 3.02. The first-order chi connectivity index (χ1) is 16.2. The number of hydrazone groups is 1. The van der Waals surface area contributed by atoms with Crippen molar-refractivity contribution in [1.29, 1.82) is 0 Å². The van der Waals surface area contributed by atoms with Gasteiger partial charge in [-0.3, -0.25) is 13.9 Å². The number of sulfonamides is 1. The van der Waals surface area contributed by atoms with Crippen LogP contribution in [-0.2, 0) is 19.6 Å². The highest BCUT2D eigenvalue weighted by Gasteiger charge is 2.27. The van der Waals surface area contributed by atoms with Gasteiger partial charge in [-0.25, -0.2) is 13.8 Å². The standard InChI is InChI=1S/C24H23BrN4O4S/c1-17(19-8-12-21(13-9-19)26-18(2)30)27-28-24(31)16-29(22-14-10-20(25)11-15-22)34(32,33)23-6-4-3-5-7-23/h3-15H,16H2,1-2H3,(H,26,30)(H,28,31)/b27-17-. The molecule has 0 bridgehead atoms. The average Bonchev–Trinajstić information content (AvgIpc) is 2.82. The molecule has 176 valence electrons. The highest BCUT2D eigenvalue weighted by molar-refractivity contribution is 9.10. The maximum atomic E-state index is 13.3. The number of halogens is 1. The first-order valence-corrected chi connectivity index (χ1v) is 12.4. The molecule has 3 rings (SSSR count). The summed E-state index contributed by atoms with van der Waals surface area (Å²) in [5.41, 5.74) is 4.66. The molecule has 10 heteroatoms. The van der Waals surface area contributed by atoms with Crippen LogP contribution in [0.15, 0.2) is 93.3 Å². The van der Waals surface area contributed by atoms with E-state index in [0.29, 0.717) is 17.1 Å². The second kappa shape index (κ2) is 11.1. The third kappa shape index (κ3) is 6.52. The third-order valence-electron chi connectivity index (χ3n) is 4.70. The molecule has 34 heavy (non-hydrogen) atoms. The number of hydrogen-bond acceptors (Lipinski definition) is 5. The highest BCUT2D eigenvalue weighted by Crippen LogP contribution is 2.25. The van der Waals surface area contributed by atoms with Crippen molar-refractivity contribution in [1.82, 2.24) is 5.43 Å². The first kappa shape index (κ1) is 25.1. The Bertz CT molecular complexity index is 1290. The normalized spacial score (nSPS) is 11.6. The zero-order valence-corrected chi connectivity index (χ0v) is 20.9. The summed E-state index contributed by atoms with van der Waals surface area (Å²) in [6.45, 7) is 2.67. The van der Waals surface area contributed by atoms with E-state index in [9.17, 15) is 18.0 Å². The van der Waals surface area contributed by atoms with Crippen molar-refractivity contribution in [3.05, 3.63) is 88.9 Å². The fourth-order valence-corrected chi connectivity index (χ4v) is 4.72. The number of nitrogens with zero attached hydrogens (tertiary/aromatic N) is 2. The lowest BCUT2D eigenvalue weighted by molar-refractivity contribution is -0.119. The molecule has 0 saturated carbocycles. The molecule has 0 saturated heterocycles. The molecule has 0 aliphatic carbocycles. The van der Waals surface area contributed by atoms with Gasteiger partial charge in [0.1, 0.15) is 6.54 Å². The van der Waals surface area contributed by atoms with Gasteiger partial charge in [0.15, 0.2) is 0 Å². The van der Waals surface area contributed by atoms with Crippen LogP contribution in [-0.4, -0.2) is 32.5 Å². The minimum absolute atomic E-state index is 0.0738. The number of nitrogens with one attached hydrogen (secondary N) is 2. The molecule has 0 spiro atoms. The molecule has 8 nitrogen and oxygen atoms in total. The summed E-state index contributed by atoms with van der Waals surface area (Å²) in [5, 5.41) is 6.78. The zero-order valence-electron chi connectivity index (χ0n) is 18.5. The van der Waals surface area contributed by atoms with Crippen molar-refractivity contribution < 1.29 is 18.0 Å². The van der Waals surface area contributed by atoms with Gasteiger partial charge in [-0.2, -0.15) is 5.10 Å². The molecule has 0 aliphatic heterocycles. The van der Waals surface area contributed by atoms with Gasteiger partial charge in [-0.05, 0) is 61.0 Å². The number of anilines is 2. The summed E-state index contributed by atoms with van der Waals surface area (Å²) in [4.78, 5) is 23.9. The average molecular weight is 543 g/mol. The maximum absolute atomic E-state index is 13.3. The van der Waals surface area contributed by atoms with Gasteiger partial charge >= 0.3 is 0 Å². The van der Waals surface area contributed by atoms with Gasteiger partial charge in [-0.15, -0.1) is 0 Å². The molecule has 0 heterocycles. The van der Waals surface area contributed by atoms with Crippen LogP contribution in [0.5, 0.6) is 0 Å². The van der Waals surface area contributed by atoms with Crippen LogP contribution in [0, 0.1) is 0 Å². The minimum Gasteiger partial charge on any atom is -0.326 e. The molecule has 3 aromatic rings. The van der Waals surface area contributed by atoms with E-state index in [2.05, 4.69) is 31.8 Å². The zero-order chi connectivity index (χ0) is 24.7. The predicted octanol–water partition coefficient (Wildman–Crippen LogP) is 4.14. The Hall–Kier alpha value is -3.50. The molecule has 2 N–H and O–H groups in total. The van der Waals surface area contributed by atoms with Gasteiger partial charge in [0, 0.05) is 17.1 Å². The molecule has 0 unspecified atom stereocenters. The van der Waals surface area contributed by atoms with E-state index in [1.807, 2.05) is 0 Å². The Labute approximate surface area is 206 Å². The van der Waals surface area contributed by atoms with Crippen molar-refractivity contribution in [3.8, 4) is 0 Å². The minimum atomic E-state index is -3.99. The Morgan fingerprint density at radius 1 is 0.912 bits per heavy atom. The smallest absolute Gasteiger partial charge is 0.264 e. The summed E-state index contributed by atoms with van der Waals surface area (Å²) in [5.74, 6) is -0.775. The van der Waals surface area contributed by atoms with Gasteiger partial charge in [0.25, 0.3) is 15.9 Å². The highest BCUT2D eigenvalue weighted by atomic mass is 79.9. The number of carbonyl (C=O) groups is 2. The maximum Gasteiger partial charge on any atom is 0.264 e. The van der Waals surface area contributed by atoms with E-state index < -0.39 is 22.5 Å². The summed E-state index contributed by atoms with van der Waals surface area (Å²) in [6, 6.07) is 21.5. The van der Waals surface area contributed by atoms with Crippen LogP contribution < -0.4 is 15.0 Å².